The number of likely N-dealkylation sites (N-methyl/N-ethyl adjacent to an activating group) is 1. The van der Waals surface area contributed by atoms with Crippen molar-refractivity contribution in [2.45, 2.75) is 6.11 Å². The van der Waals surface area contributed by atoms with Gasteiger partial charge < -0.3 is 30.7 Å². The molecule has 0 radical (unpaired) electrons. The summed E-state index contributed by atoms with van der Waals surface area (Å²) < 4.78 is 51.1. The van der Waals surface area contributed by atoms with Crippen molar-refractivity contribution in [3.8, 4) is 11.5 Å². The average molecular weight is 472 g/mol. The van der Waals surface area contributed by atoms with Gasteiger partial charge in [0, 0.05) is 30.2 Å². The molecule has 34 heavy (non-hydrogen) atoms. The summed E-state index contributed by atoms with van der Waals surface area (Å²) in [6.07, 6.45) is -3.00. The van der Waals surface area contributed by atoms with Crippen LogP contribution in [0.4, 0.5) is 42.0 Å². The van der Waals surface area contributed by atoms with Crippen molar-refractivity contribution in [1.29, 1.82) is 0 Å². The van der Waals surface area contributed by atoms with E-state index < -0.39 is 17.8 Å². The molecule has 4 N–H and O–H groups in total. The number of anilines is 5. The van der Waals surface area contributed by atoms with E-state index in [1.54, 1.807) is 31.3 Å². The molecule has 2 heterocycles. The molecule has 1 amide bonds. The first-order valence-electron chi connectivity index (χ1n) is 9.91. The van der Waals surface area contributed by atoms with Gasteiger partial charge in [0.15, 0.2) is 17.4 Å². The van der Waals surface area contributed by atoms with Crippen LogP contribution in [0.5, 0.6) is 11.5 Å². The molecule has 9 nitrogen and oxygen atoms in total. The summed E-state index contributed by atoms with van der Waals surface area (Å²) >= 11 is 0. The van der Waals surface area contributed by atoms with Crippen LogP contribution >= 0.6 is 0 Å². The molecule has 0 bridgehead atoms. The van der Waals surface area contributed by atoms with Gasteiger partial charge in [-0.25, -0.2) is 9.37 Å². The highest BCUT2D eigenvalue weighted by atomic mass is 19.3. The van der Waals surface area contributed by atoms with Gasteiger partial charge in [-0.05, 0) is 30.3 Å². The van der Waals surface area contributed by atoms with Crippen molar-refractivity contribution >= 4 is 34.7 Å². The number of ether oxygens (including phenoxy) is 2. The third-order valence-electron chi connectivity index (χ3n) is 4.59. The number of fused-ring (bicyclic) bond motifs is 1. The highest BCUT2D eigenvalue weighted by Crippen LogP contribution is 2.37. The maximum Gasteiger partial charge on any atom is 0.482 e. The molecule has 0 saturated carbocycles. The van der Waals surface area contributed by atoms with Crippen LogP contribution in [0.25, 0.3) is 0 Å². The molecule has 176 valence electrons. The number of hydrogen-bond acceptors (Lipinski definition) is 8. The Balaban J connectivity index is 1.49. The number of amides is 1. The van der Waals surface area contributed by atoms with Crippen molar-refractivity contribution < 1.29 is 27.4 Å². The molecule has 1 aliphatic rings. The number of rotatable bonds is 8. The number of nitrogens with one attached hydrogen (secondary N) is 4. The number of carbonyl (C=O) groups is 1. The first-order chi connectivity index (χ1) is 16.2. The van der Waals surface area contributed by atoms with E-state index in [1.807, 2.05) is 5.32 Å². The number of halogens is 3. The van der Waals surface area contributed by atoms with Gasteiger partial charge >= 0.3 is 12.0 Å². The molecule has 12 heteroatoms. The molecule has 1 aliphatic heterocycles. The summed E-state index contributed by atoms with van der Waals surface area (Å²) in [5.74, 6) is -2.08. The van der Waals surface area contributed by atoms with Gasteiger partial charge in [0.1, 0.15) is 12.4 Å². The van der Waals surface area contributed by atoms with Crippen LogP contribution in [-0.2, 0) is 4.79 Å². The van der Waals surface area contributed by atoms with Gasteiger partial charge in [-0.3, -0.25) is 4.79 Å². The maximum absolute atomic E-state index is 14.3. The third kappa shape index (κ3) is 5.11. The molecule has 0 spiro atoms. The Morgan fingerprint density at radius 1 is 1.21 bits per heavy atom. The smallest absolute Gasteiger partial charge is 0.482 e. The molecular formula is C22H19F3N6O3. The number of benzene rings is 2. The van der Waals surface area contributed by atoms with Gasteiger partial charge in [0.25, 0.3) is 0 Å². The minimum atomic E-state index is -3.97. The minimum absolute atomic E-state index is 0.00603. The van der Waals surface area contributed by atoms with Crippen LogP contribution in [0.2, 0.25) is 0 Å². The predicted molar refractivity (Wildman–Crippen MR) is 119 cm³/mol. The number of hydrogen-bond donors (Lipinski definition) is 4. The van der Waals surface area contributed by atoms with Gasteiger partial charge in [-0.2, -0.15) is 13.8 Å². The number of alkyl halides is 2. The zero-order valence-electron chi connectivity index (χ0n) is 17.8. The Kier molecular flexibility index (Phi) is 6.13. The highest BCUT2D eigenvalue weighted by Gasteiger charge is 2.46. The van der Waals surface area contributed by atoms with E-state index in [0.717, 1.165) is 6.20 Å². The molecule has 3 aromatic rings. The van der Waals surface area contributed by atoms with E-state index in [1.165, 1.54) is 18.2 Å². The Hall–Kier alpha value is -4.48. The first-order valence-corrected chi connectivity index (χ1v) is 9.91. The van der Waals surface area contributed by atoms with Crippen molar-refractivity contribution in [3.05, 3.63) is 66.8 Å². The molecular weight excluding hydrogens is 453 g/mol. The molecule has 0 atom stereocenters. The lowest BCUT2D eigenvalue weighted by atomic mass is 10.2. The lowest BCUT2D eigenvalue weighted by Crippen LogP contribution is -2.43. The monoisotopic (exact) mass is 472 g/mol. The molecule has 0 aliphatic carbocycles. The van der Waals surface area contributed by atoms with Crippen LogP contribution in [0.3, 0.4) is 0 Å². The lowest BCUT2D eigenvalue weighted by molar-refractivity contribution is -0.189. The Labute approximate surface area is 192 Å². The summed E-state index contributed by atoms with van der Waals surface area (Å²) in [7, 11) is 1.74. The highest BCUT2D eigenvalue weighted by molar-refractivity contribution is 5.99. The van der Waals surface area contributed by atoms with Crippen molar-refractivity contribution in [3.63, 3.8) is 0 Å². The number of carbonyl (C=O) groups excluding carboxylic acids is 1. The zero-order valence-corrected chi connectivity index (χ0v) is 17.8. The molecule has 2 aromatic carbocycles. The molecule has 0 saturated heterocycles. The van der Waals surface area contributed by atoms with Crippen LogP contribution in [0.1, 0.15) is 0 Å². The average Bonchev–Trinajstić information content (AvgIpc) is 2.81. The van der Waals surface area contributed by atoms with Crippen LogP contribution < -0.4 is 30.7 Å². The topological polar surface area (TPSA) is 109 Å². The van der Waals surface area contributed by atoms with Gasteiger partial charge in [0.2, 0.25) is 5.95 Å². The molecule has 4 rings (SSSR count). The largest absolute Gasteiger partial charge is 0.487 e. The van der Waals surface area contributed by atoms with Gasteiger partial charge in [-0.15, -0.1) is 0 Å². The van der Waals surface area contributed by atoms with E-state index >= 15 is 0 Å². The Morgan fingerprint density at radius 3 is 2.79 bits per heavy atom. The van der Waals surface area contributed by atoms with E-state index in [-0.39, 0.29) is 35.5 Å². The Morgan fingerprint density at radius 2 is 2.00 bits per heavy atom. The van der Waals surface area contributed by atoms with E-state index in [4.69, 9.17) is 4.74 Å². The summed E-state index contributed by atoms with van der Waals surface area (Å²) in [5.41, 5.74) is 1.58. The standard InChI is InChI=1S/C22H19F3N6O3/c1-12(26-2)11-33-15-5-3-4-13(8-15)29-21-27-10-16(23)19(31-21)28-14-6-7-18-17(9-14)30-20(32)22(24,25)34-18/h3-10,26H,1,11H2,2H3,(H,30,32)(H2,27,28,29,31). The van der Waals surface area contributed by atoms with Crippen LogP contribution in [0.15, 0.2) is 60.9 Å². The second-order valence-corrected chi connectivity index (χ2v) is 7.09. The van der Waals surface area contributed by atoms with E-state index in [0.29, 0.717) is 17.1 Å². The second kappa shape index (κ2) is 9.17. The summed E-state index contributed by atoms with van der Waals surface area (Å²) in [4.78, 5) is 19.5. The zero-order chi connectivity index (χ0) is 24.3. The fourth-order valence-corrected chi connectivity index (χ4v) is 2.86. The minimum Gasteiger partial charge on any atom is -0.487 e. The normalized spacial score (nSPS) is 13.7. The van der Waals surface area contributed by atoms with Gasteiger partial charge in [0.05, 0.1) is 11.9 Å². The Bertz CT molecular complexity index is 1250. The SMILES string of the molecule is C=C(COc1cccc(Nc2ncc(F)c(Nc3ccc4c(c3)NC(=O)C(F)(F)O4)n2)c1)NC. The van der Waals surface area contributed by atoms with Gasteiger partial charge in [-0.1, -0.05) is 12.6 Å². The van der Waals surface area contributed by atoms with Crippen molar-refractivity contribution in [1.82, 2.24) is 15.3 Å². The van der Waals surface area contributed by atoms with E-state index in [9.17, 15) is 18.0 Å². The van der Waals surface area contributed by atoms with Crippen LogP contribution in [-0.4, -0.2) is 35.6 Å². The number of nitrogens with zero attached hydrogens (tertiary/aromatic N) is 2. The third-order valence-corrected chi connectivity index (χ3v) is 4.59. The number of aromatic nitrogens is 2. The quantitative estimate of drug-likeness (QED) is 0.387. The summed E-state index contributed by atoms with van der Waals surface area (Å²) in [6.45, 7) is 4.07. The predicted octanol–water partition coefficient (Wildman–Crippen LogP) is 4.14. The second-order valence-electron chi connectivity index (χ2n) is 7.09. The molecule has 0 fully saturated rings. The molecule has 1 aromatic heterocycles. The summed E-state index contributed by atoms with van der Waals surface area (Å²) in [5, 5.41) is 10.6. The van der Waals surface area contributed by atoms with E-state index in [2.05, 4.69) is 37.2 Å². The van der Waals surface area contributed by atoms with Crippen LogP contribution in [0, 0.1) is 5.82 Å². The van der Waals surface area contributed by atoms with Crippen molar-refractivity contribution in [2.24, 2.45) is 0 Å². The summed E-state index contributed by atoms with van der Waals surface area (Å²) in [6, 6.07) is 10.9. The first kappa shape index (κ1) is 22.7. The fraction of sp³-hybridized carbons (Fsp3) is 0.136. The maximum atomic E-state index is 14.3. The lowest BCUT2D eigenvalue weighted by Gasteiger charge is -2.25. The van der Waals surface area contributed by atoms with Crippen molar-refractivity contribution in [2.75, 3.05) is 29.6 Å². The fourth-order valence-electron chi connectivity index (χ4n) is 2.86. The molecule has 0 unspecified atom stereocenters.